The molecule has 20 heavy (non-hydrogen) atoms. The minimum atomic E-state index is -0.429. The molecule has 0 saturated carbocycles. The standard InChI is InChI=1S/C16H17ClFNO/c1-2-16(12-3-5-13(17)6-4-12)19-10-11-7-14(18)9-15(20)8-11/h3-9,16,19-20H,2,10H2,1H3. The van der Waals surface area contributed by atoms with E-state index in [9.17, 15) is 9.50 Å². The van der Waals surface area contributed by atoms with Crippen molar-refractivity contribution >= 4 is 11.6 Å². The van der Waals surface area contributed by atoms with Crippen LogP contribution in [0.3, 0.4) is 0 Å². The average Bonchev–Trinajstić information content (AvgIpc) is 2.40. The summed E-state index contributed by atoms with van der Waals surface area (Å²) in [5.41, 5.74) is 1.85. The van der Waals surface area contributed by atoms with E-state index in [4.69, 9.17) is 11.6 Å². The Kier molecular flexibility index (Phi) is 4.99. The summed E-state index contributed by atoms with van der Waals surface area (Å²) in [4.78, 5) is 0. The average molecular weight is 294 g/mol. The lowest BCUT2D eigenvalue weighted by Crippen LogP contribution is -2.20. The van der Waals surface area contributed by atoms with Gasteiger partial charge < -0.3 is 10.4 Å². The van der Waals surface area contributed by atoms with E-state index < -0.39 is 5.82 Å². The molecule has 0 amide bonds. The quantitative estimate of drug-likeness (QED) is 0.855. The Hall–Kier alpha value is -1.58. The van der Waals surface area contributed by atoms with E-state index in [0.29, 0.717) is 11.6 Å². The minimum absolute atomic E-state index is 0.0543. The first kappa shape index (κ1) is 14.8. The van der Waals surface area contributed by atoms with Crippen molar-refractivity contribution in [1.82, 2.24) is 5.32 Å². The third-order valence-electron chi connectivity index (χ3n) is 3.18. The van der Waals surface area contributed by atoms with Gasteiger partial charge in [0.25, 0.3) is 0 Å². The van der Waals surface area contributed by atoms with Gasteiger partial charge in [-0.25, -0.2) is 4.39 Å². The lowest BCUT2D eigenvalue weighted by molar-refractivity contribution is 0.465. The van der Waals surface area contributed by atoms with Crippen LogP contribution in [0.15, 0.2) is 42.5 Å². The molecule has 0 aliphatic carbocycles. The third-order valence-corrected chi connectivity index (χ3v) is 3.43. The Bertz CT molecular complexity index is 551. The van der Waals surface area contributed by atoms with Gasteiger partial charge in [-0.1, -0.05) is 30.7 Å². The highest BCUT2D eigenvalue weighted by atomic mass is 35.5. The maximum Gasteiger partial charge on any atom is 0.127 e. The molecule has 1 atom stereocenters. The Morgan fingerprint density at radius 2 is 1.90 bits per heavy atom. The molecule has 2 aromatic carbocycles. The molecule has 1 unspecified atom stereocenters. The van der Waals surface area contributed by atoms with Gasteiger partial charge in [-0.2, -0.15) is 0 Å². The molecule has 0 aliphatic heterocycles. The molecule has 2 rings (SSSR count). The smallest absolute Gasteiger partial charge is 0.127 e. The van der Waals surface area contributed by atoms with Crippen LogP contribution in [0, 0.1) is 5.82 Å². The van der Waals surface area contributed by atoms with Crippen molar-refractivity contribution in [2.75, 3.05) is 0 Å². The molecule has 4 heteroatoms. The maximum absolute atomic E-state index is 13.2. The van der Waals surface area contributed by atoms with Gasteiger partial charge in [0, 0.05) is 23.7 Å². The largest absolute Gasteiger partial charge is 0.508 e. The van der Waals surface area contributed by atoms with Crippen molar-refractivity contribution in [3.05, 3.63) is 64.4 Å². The fourth-order valence-corrected chi connectivity index (χ4v) is 2.30. The summed E-state index contributed by atoms with van der Waals surface area (Å²) >= 11 is 5.88. The van der Waals surface area contributed by atoms with Crippen molar-refractivity contribution in [3.63, 3.8) is 0 Å². The van der Waals surface area contributed by atoms with Crippen molar-refractivity contribution < 1.29 is 9.50 Å². The first-order valence-electron chi connectivity index (χ1n) is 6.55. The second-order valence-corrected chi connectivity index (χ2v) is 5.15. The van der Waals surface area contributed by atoms with Crippen molar-refractivity contribution in [2.24, 2.45) is 0 Å². The number of hydrogen-bond acceptors (Lipinski definition) is 2. The van der Waals surface area contributed by atoms with E-state index in [0.717, 1.165) is 23.6 Å². The summed E-state index contributed by atoms with van der Waals surface area (Å²) < 4.78 is 13.2. The number of aromatic hydroxyl groups is 1. The minimum Gasteiger partial charge on any atom is -0.508 e. The predicted molar refractivity (Wildman–Crippen MR) is 79.4 cm³/mol. The molecular weight excluding hydrogens is 277 g/mol. The van der Waals surface area contributed by atoms with Crippen LogP contribution < -0.4 is 5.32 Å². The number of rotatable bonds is 5. The van der Waals surface area contributed by atoms with Gasteiger partial charge >= 0.3 is 0 Å². The van der Waals surface area contributed by atoms with E-state index in [1.165, 1.54) is 6.07 Å². The zero-order chi connectivity index (χ0) is 14.5. The van der Waals surface area contributed by atoms with Gasteiger partial charge in [0.05, 0.1) is 0 Å². The molecule has 2 aromatic rings. The van der Waals surface area contributed by atoms with Crippen molar-refractivity contribution in [2.45, 2.75) is 25.9 Å². The SMILES string of the molecule is CCC(NCc1cc(O)cc(F)c1)c1ccc(Cl)cc1. The van der Waals surface area contributed by atoms with Crippen molar-refractivity contribution in [3.8, 4) is 5.75 Å². The summed E-state index contributed by atoms with van der Waals surface area (Å²) in [5.74, 6) is -0.484. The van der Waals surface area contributed by atoms with E-state index in [2.05, 4.69) is 12.2 Å². The topological polar surface area (TPSA) is 32.3 Å². The highest BCUT2D eigenvalue weighted by molar-refractivity contribution is 6.30. The number of phenols is 1. The fourth-order valence-electron chi connectivity index (χ4n) is 2.17. The molecular formula is C16H17ClFNO. The van der Waals surface area contributed by atoms with Crippen LogP contribution in [-0.4, -0.2) is 5.11 Å². The van der Waals surface area contributed by atoms with E-state index in [1.807, 2.05) is 24.3 Å². The second kappa shape index (κ2) is 6.73. The molecule has 0 aliphatic rings. The normalized spacial score (nSPS) is 12.3. The Morgan fingerprint density at radius 3 is 2.50 bits per heavy atom. The molecule has 0 heterocycles. The summed E-state index contributed by atoms with van der Waals surface area (Å²) in [6.07, 6.45) is 0.906. The molecule has 0 aromatic heterocycles. The summed E-state index contributed by atoms with van der Waals surface area (Å²) in [6, 6.07) is 11.9. The van der Waals surface area contributed by atoms with Crippen LogP contribution in [0.2, 0.25) is 5.02 Å². The maximum atomic E-state index is 13.2. The Balaban J connectivity index is 2.05. The zero-order valence-electron chi connectivity index (χ0n) is 11.2. The lowest BCUT2D eigenvalue weighted by Gasteiger charge is -2.17. The number of halogens is 2. The molecule has 106 valence electrons. The Morgan fingerprint density at radius 1 is 1.20 bits per heavy atom. The van der Waals surface area contributed by atoms with Gasteiger partial charge in [-0.05, 0) is 41.8 Å². The van der Waals surface area contributed by atoms with Crippen LogP contribution in [0.25, 0.3) is 0 Å². The molecule has 0 saturated heterocycles. The van der Waals surface area contributed by atoms with E-state index in [-0.39, 0.29) is 11.8 Å². The molecule has 0 fully saturated rings. The van der Waals surface area contributed by atoms with E-state index in [1.54, 1.807) is 6.07 Å². The van der Waals surface area contributed by atoms with E-state index >= 15 is 0 Å². The molecule has 2 nitrogen and oxygen atoms in total. The third kappa shape index (κ3) is 3.95. The van der Waals surface area contributed by atoms with Crippen LogP contribution >= 0.6 is 11.6 Å². The van der Waals surface area contributed by atoms with Gasteiger partial charge in [0.1, 0.15) is 11.6 Å². The molecule has 2 N–H and O–H groups in total. The van der Waals surface area contributed by atoms with Crippen LogP contribution in [0.5, 0.6) is 5.75 Å². The van der Waals surface area contributed by atoms with Gasteiger partial charge in [-0.3, -0.25) is 0 Å². The van der Waals surface area contributed by atoms with Crippen LogP contribution in [0.4, 0.5) is 4.39 Å². The highest BCUT2D eigenvalue weighted by Gasteiger charge is 2.09. The summed E-state index contributed by atoms with van der Waals surface area (Å²) in [5, 5.41) is 13.4. The number of phenolic OH excluding ortho intramolecular Hbond substituents is 1. The predicted octanol–water partition coefficient (Wildman–Crippen LogP) is 4.43. The van der Waals surface area contributed by atoms with Crippen LogP contribution in [-0.2, 0) is 6.54 Å². The fraction of sp³-hybridized carbons (Fsp3) is 0.250. The summed E-state index contributed by atoms with van der Waals surface area (Å²) in [6.45, 7) is 2.57. The monoisotopic (exact) mass is 293 g/mol. The highest BCUT2D eigenvalue weighted by Crippen LogP contribution is 2.20. The summed E-state index contributed by atoms with van der Waals surface area (Å²) in [7, 11) is 0. The molecule has 0 bridgehead atoms. The number of benzene rings is 2. The second-order valence-electron chi connectivity index (χ2n) is 4.71. The van der Waals surface area contributed by atoms with Gasteiger partial charge in [-0.15, -0.1) is 0 Å². The van der Waals surface area contributed by atoms with Gasteiger partial charge in [0.15, 0.2) is 0 Å². The zero-order valence-corrected chi connectivity index (χ0v) is 12.0. The molecule has 0 spiro atoms. The van der Waals surface area contributed by atoms with Gasteiger partial charge in [0.2, 0.25) is 0 Å². The van der Waals surface area contributed by atoms with Crippen LogP contribution in [0.1, 0.15) is 30.5 Å². The van der Waals surface area contributed by atoms with Crippen molar-refractivity contribution in [1.29, 1.82) is 0 Å². The lowest BCUT2D eigenvalue weighted by atomic mass is 10.0. The molecule has 0 radical (unpaired) electrons. The number of hydrogen-bond donors (Lipinski definition) is 2. The Labute approximate surface area is 123 Å². The first-order valence-corrected chi connectivity index (χ1v) is 6.93. The number of nitrogens with one attached hydrogen (secondary N) is 1. The first-order chi connectivity index (χ1) is 9.58.